The van der Waals surface area contributed by atoms with Crippen molar-refractivity contribution in [2.45, 2.75) is 46.1 Å². The number of carboxylic acids is 1. The topological polar surface area (TPSA) is 40.5 Å². The minimum absolute atomic E-state index is 0.913. The third-order valence-corrected chi connectivity index (χ3v) is 3.46. The second kappa shape index (κ2) is 10.2. The summed E-state index contributed by atoms with van der Waals surface area (Å²) in [6.07, 6.45) is 7.72. The second-order valence-corrected chi connectivity index (χ2v) is 5.40. The van der Waals surface area contributed by atoms with Gasteiger partial charge in [0.1, 0.15) is 0 Å². The number of aliphatic carboxylic acids is 1. The molecule has 0 aromatic heterocycles. The van der Waals surface area contributed by atoms with Crippen molar-refractivity contribution in [3.05, 3.63) is 41.5 Å². The van der Waals surface area contributed by atoms with E-state index >= 15 is 0 Å². The van der Waals surface area contributed by atoms with Crippen LogP contribution >= 0.6 is 0 Å². The molecule has 116 valence electrons. The average Bonchev–Trinajstić information content (AvgIpc) is 2.49. The summed E-state index contributed by atoms with van der Waals surface area (Å²) in [7, 11) is 0. The molecule has 0 aliphatic rings. The van der Waals surface area contributed by atoms with Crippen LogP contribution in [0.1, 0.15) is 50.7 Å². The van der Waals surface area contributed by atoms with Crippen molar-refractivity contribution in [1.82, 2.24) is 4.90 Å². The van der Waals surface area contributed by atoms with E-state index in [1.54, 1.807) is 6.08 Å². The van der Waals surface area contributed by atoms with Crippen molar-refractivity contribution in [3.8, 4) is 0 Å². The Kier molecular flexibility index (Phi) is 8.44. The molecule has 1 rings (SSSR count). The van der Waals surface area contributed by atoms with Crippen LogP contribution in [0, 0.1) is 0 Å². The lowest BCUT2D eigenvalue weighted by molar-refractivity contribution is -0.131. The quantitative estimate of drug-likeness (QED) is 0.657. The molecule has 0 atom stereocenters. The van der Waals surface area contributed by atoms with Crippen molar-refractivity contribution >= 4 is 12.0 Å². The molecule has 1 N–H and O–H groups in total. The highest BCUT2D eigenvalue weighted by molar-refractivity contribution is 5.85. The zero-order valence-electron chi connectivity index (χ0n) is 13.2. The van der Waals surface area contributed by atoms with Gasteiger partial charge in [0, 0.05) is 12.6 Å². The molecule has 0 saturated carbocycles. The van der Waals surface area contributed by atoms with E-state index in [1.165, 1.54) is 37.3 Å². The Balaban J connectivity index is 2.59. The van der Waals surface area contributed by atoms with E-state index in [0.717, 1.165) is 25.2 Å². The third kappa shape index (κ3) is 7.66. The van der Waals surface area contributed by atoms with E-state index in [4.69, 9.17) is 5.11 Å². The lowest BCUT2D eigenvalue weighted by Gasteiger charge is -2.22. The van der Waals surface area contributed by atoms with Crippen molar-refractivity contribution < 1.29 is 9.90 Å². The molecule has 0 spiro atoms. The lowest BCUT2D eigenvalue weighted by atomic mass is 10.1. The number of hydrogen-bond donors (Lipinski definition) is 1. The van der Waals surface area contributed by atoms with Gasteiger partial charge in [-0.2, -0.15) is 0 Å². The van der Waals surface area contributed by atoms with Crippen molar-refractivity contribution in [1.29, 1.82) is 0 Å². The Morgan fingerprint density at radius 3 is 2.14 bits per heavy atom. The molecule has 3 heteroatoms. The number of rotatable bonds is 10. The first-order valence-electron chi connectivity index (χ1n) is 7.88. The second-order valence-electron chi connectivity index (χ2n) is 5.40. The molecule has 0 amide bonds. The zero-order valence-corrected chi connectivity index (χ0v) is 13.2. The Morgan fingerprint density at radius 2 is 1.67 bits per heavy atom. The molecule has 21 heavy (non-hydrogen) atoms. The van der Waals surface area contributed by atoms with Gasteiger partial charge in [-0.05, 0) is 43.1 Å². The number of unbranched alkanes of at least 4 members (excludes halogenated alkanes) is 2. The van der Waals surface area contributed by atoms with Gasteiger partial charge in [0.05, 0.1) is 0 Å². The van der Waals surface area contributed by atoms with Gasteiger partial charge < -0.3 is 5.11 Å². The van der Waals surface area contributed by atoms with Crippen LogP contribution in [-0.2, 0) is 11.3 Å². The maximum Gasteiger partial charge on any atom is 0.328 e. The molecule has 0 bridgehead atoms. The number of hydrogen-bond acceptors (Lipinski definition) is 2. The molecule has 1 aromatic carbocycles. The summed E-state index contributed by atoms with van der Waals surface area (Å²) < 4.78 is 0. The molecule has 0 saturated heterocycles. The Morgan fingerprint density at radius 1 is 1.10 bits per heavy atom. The Labute approximate surface area is 128 Å². The normalized spacial score (nSPS) is 11.4. The van der Waals surface area contributed by atoms with Gasteiger partial charge in [-0.15, -0.1) is 0 Å². The molecular weight excluding hydrogens is 262 g/mol. The highest BCUT2D eigenvalue weighted by Gasteiger charge is 2.05. The smallest absolute Gasteiger partial charge is 0.328 e. The predicted octanol–water partition coefficient (Wildman–Crippen LogP) is 4.19. The van der Waals surface area contributed by atoms with Crippen molar-refractivity contribution in [3.63, 3.8) is 0 Å². The summed E-state index contributed by atoms with van der Waals surface area (Å²) >= 11 is 0. The fraction of sp³-hybridized carbons (Fsp3) is 0.500. The standard InChI is InChI=1S/C18H27NO2/c1-3-5-13-19(14-6-4-2)15-17-9-7-16(8-10-17)11-12-18(20)21/h7-12H,3-6,13-15H2,1-2H3,(H,20,21). The number of nitrogens with zero attached hydrogens (tertiary/aromatic N) is 1. The van der Waals surface area contributed by atoms with Crippen LogP contribution in [0.3, 0.4) is 0 Å². The van der Waals surface area contributed by atoms with Gasteiger partial charge in [-0.3, -0.25) is 4.90 Å². The summed E-state index contributed by atoms with van der Waals surface area (Å²) in [6, 6.07) is 8.14. The van der Waals surface area contributed by atoms with Gasteiger partial charge >= 0.3 is 5.97 Å². The highest BCUT2D eigenvalue weighted by Crippen LogP contribution is 2.10. The first kappa shape index (κ1) is 17.4. The van der Waals surface area contributed by atoms with Crippen LogP contribution in [0.15, 0.2) is 30.3 Å². The molecule has 1 aromatic rings. The van der Waals surface area contributed by atoms with Gasteiger partial charge in [-0.25, -0.2) is 4.79 Å². The van der Waals surface area contributed by atoms with Gasteiger partial charge in [-0.1, -0.05) is 51.0 Å². The first-order valence-corrected chi connectivity index (χ1v) is 7.88. The van der Waals surface area contributed by atoms with E-state index in [0.29, 0.717) is 0 Å². The summed E-state index contributed by atoms with van der Waals surface area (Å²) in [6.45, 7) is 7.72. The zero-order chi connectivity index (χ0) is 15.5. The number of carboxylic acid groups (broad SMARTS) is 1. The maximum atomic E-state index is 10.5. The minimum atomic E-state index is -0.913. The highest BCUT2D eigenvalue weighted by atomic mass is 16.4. The number of benzene rings is 1. The Hall–Kier alpha value is -1.61. The number of carbonyl (C=O) groups is 1. The summed E-state index contributed by atoms with van der Waals surface area (Å²) in [5.74, 6) is -0.913. The lowest BCUT2D eigenvalue weighted by Crippen LogP contribution is -2.25. The average molecular weight is 289 g/mol. The Bertz CT molecular complexity index is 429. The fourth-order valence-corrected chi connectivity index (χ4v) is 2.19. The molecular formula is C18H27NO2. The van der Waals surface area contributed by atoms with Gasteiger partial charge in [0.15, 0.2) is 0 Å². The van der Waals surface area contributed by atoms with Gasteiger partial charge in [0.2, 0.25) is 0 Å². The van der Waals surface area contributed by atoms with Crippen LogP contribution in [0.25, 0.3) is 6.08 Å². The fourth-order valence-electron chi connectivity index (χ4n) is 2.19. The van der Waals surface area contributed by atoms with E-state index in [2.05, 4.69) is 30.9 Å². The van der Waals surface area contributed by atoms with Crippen LogP contribution in [0.4, 0.5) is 0 Å². The van der Waals surface area contributed by atoms with Crippen LogP contribution in [0.2, 0.25) is 0 Å². The third-order valence-electron chi connectivity index (χ3n) is 3.46. The SMILES string of the molecule is CCCCN(CCCC)Cc1ccc(C=CC(=O)O)cc1. The molecule has 0 radical (unpaired) electrons. The van der Waals surface area contributed by atoms with Gasteiger partial charge in [0.25, 0.3) is 0 Å². The van der Waals surface area contributed by atoms with Crippen LogP contribution in [-0.4, -0.2) is 29.1 Å². The maximum absolute atomic E-state index is 10.5. The van der Waals surface area contributed by atoms with Crippen LogP contribution in [0.5, 0.6) is 0 Å². The largest absolute Gasteiger partial charge is 0.478 e. The summed E-state index contributed by atoms with van der Waals surface area (Å²) in [5.41, 5.74) is 2.21. The predicted molar refractivity (Wildman–Crippen MR) is 88.2 cm³/mol. The van der Waals surface area contributed by atoms with Crippen molar-refractivity contribution in [2.75, 3.05) is 13.1 Å². The van der Waals surface area contributed by atoms with E-state index in [-0.39, 0.29) is 0 Å². The van der Waals surface area contributed by atoms with Crippen LogP contribution < -0.4 is 0 Å². The molecule has 0 unspecified atom stereocenters. The summed E-state index contributed by atoms with van der Waals surface area (Å²) in [4.78, 5) is 13.0. The van der Waals surface area contributed by atoms with Crippen molar-refractivity contribution in [2.24, 2.45) is 0 Å². The van der Waals surface area contributed by atoms with E-state index < -0.39 is 5.97 Å². The first-order chi connectivity index (χ1) is 10.2. The van der Waals surface area contributed by atoms with E-state index in [1.807, 2.05) is 12.1 Å². The summed E-state index contributed by atoms with van der Waals surface area (Å²) in [5, 5.41) is 8.62. The molecule has 3 nitrogen and oxygen atoms in total. The molecule has 0 fully saturated rings. The molecule has 0 aliphatic carbocycles. The monoisotopic (exact) mass is 289 g/mol. The minimum Gasteiger partial charge on any atom is -0.478 e. The van der Waals surface area contributed by atoms with E-state index in [9.17, 15) is 4.79 Å². The molecule has 0 heterocycles. The molecule has 0 aliphatic heterocycles.